The van der Waals surface area contributed by atoms with Gasteiger partial charge in [0.25, 0.3) is 7.59 Å². The number of halogens is 2. The Morgan fingerprint density at radius 1 is 1.18 bits per heavy atom. The minimum absolute atomic E-state index is 0.0205. The van der Waals surface area contributed by atoms with Crippen LogP contribution >= 0.6 is 30.8 Å². The third-order valence-corrected chi connectivity index (χ3v) is 5.51. The van der Waals surface area contributed by atoms with Crippen molar-refractivity contribution in [2.24, 2.45) is 5.50 Å². The van der Waals surface area contributed by atoms with Gasteiger partial charge in [0.05, 0.1) is 6.61 Å². The SMILES string of the molecule is NP(=O)(NCCCl)N(CCCl)[C@@H]1O[C@H](CO)[C@@H](O)[C@H](O)[C@H]1O. The Labute approximate surface area is 138 Å². The van der Waals surface area contributed by atoms with Crippen LogP contribution in [0.5, 0.6) is 0 Å². The average Bonchev–Trinajstić information content (AvgIpc) is 2.49. The number of nitrogens with zero attached hydrogens (tertiary/aromatic N) is 1. The second-order valence-electron chi connectivity index (χ2n) is 4.79. The highest BCUT2D eigenvalue weighted by molar-refractivity contribution is 7.56. The lowest BCUT2D eigenvalue weighted by molar-refractivity contribution is -0.253. The van der Waals surface area contributed by atoms with Crippen LogP contribution < -0.4 is 10.6 Å². The van der Waals surface area contributed by atoms with Crippen LogP contribution in [0.2, 0.25) is 0 Å². The molecule has 0 amide bonds. The molecule has 9 nitrogen and oxygen atoms in total. The number of hydrogen-bond donors (Lipinski definition) is 6. The van der Waals surface area contributed by atoms with Crippen molar-refractivity contribution in [1.82, 2.24) is 9.76 Å². The molecular formula is C10H22Cl2N3O6P. The quantitative estimate of drug-likeness (QED) is 0.212. The van der Waals surface area contributed by atoms with E-state index >= 15 is 0 Å². The summed E-state index contributed by atoms with van der Waals surface area (Å²) >= 11 is 11.2. The first-order chi connectivity index (χ1) is 10.3. The summed E-state index contributed by atoms with van der Waals surface area (Å²) < 4.78 is 19.0. The largest absolute Gasteiger partial charge is 0.394 e. The van der Waals surface area contributed by atoms with E-state index in [9.17, 15) is 25.0 Å². The van der Waals surface area contributed by atoms with Crippen molar-refractivity contribution in [2.75, 3.05) is 31.5 Å². The highest BCUT2D eigenvalue weighted by Crippen LogP contribution is 2.41. The van der Waals surface area contributed by atoms with E-state index in [-0.39, 0.29) is 24.8 Å². The van der Waals surface area contributed by atoms with Gasteiger partial charge in [0.15, 0.2) is 0 Å². The smallest absolute Gasteiger partial charge is 0.281 e. The number of nitrogens with two attached hydrogens (primary N) is 1. The summed E-state index contributed by atoms with van der Waals surface area (Å²) in [6.07, 6.45) is -7.14. The number of nitrogens with one attached hydrogen (secondary N) is 1. The lowest BCUT2D eigenvalue weighted by Gasteiger charge is -2.45. The van der Waals surface area contributed by atoms with E-state index in [1.54, 1.807) is 0 Å². The molecule has 1 aliphatic heterocycles. The van der Waals surface area contributed by atoms with E-state index in [2.05, 4.69) is 5.09 Å². The van der Waals surface area contributed by atoms with E-state index in [4.69, 9.17) is 33.4 Å². The molecule has 1 rings (SSSR count). The zero-order chi connectivity index (χ0) is 16.9. The fourth-order valence-corrected chi connectivity index (χ4v) is 4.22. The summed E-state index contributed by atoms with van der Waals surface area (Å²) in [7, 11) is -3.67. The van der Waals surface area contributed by atoms with Crippen LogP contribution in [-0.4, -0.2) is 87.2 Å². The maximum atomic E-state index is 12.6. The van der Waals surface area contributed by atoms with Crippen molar-refractivity contribution in [3.05, 3.63) is 0 Å². The van der Waals surface area contributed by atoms with Crippen molar-refractivity contribution in [2.45, 2.75) is 30.6 Å². The monoisotopic (exact) mass is 381 g/mol. The van der Waals surface area contributed by atoms with Crippen molar-refractivity contribution < 1.29 is 29.7 Å². The fraction of sp³-hybridized carbons (Fsp3) is 1.00. The van der Waals surface area contributed by atoms with E-state index < -0.39 is 44.8 Å². The first kappa shape index (κ1) is 20.5. The molecule has 0 saturated carbocycles. The fourth-order valence-electron chi connectivity index (χ4n) is 2.15. The van der Waals surface area contributed by atoms with Crippen LogP contribution in [0.25, 0.3) is 0 Å². The lowest BCUT2D eigenvalue weighted by atomic mass is 9.98. The number of alkyl halides is 2. The molecule has 0 radical (unpaired) electrons. The summed E-state index contributed by atoms with van der Waals surface area (Å²) in [5, 5.41) is 41.4. The summed E-state index contributed by atoms with van der Waals surface area (Å²) in [5.74, 6) is 0.184. The third kappa shape index (κ3) is 4.75. The van der Waals surface area contributed by atoms with Gasteiger partial charge in [0, 0.05) is 24.8 Å². The Kier molecular flexibility index (Phi) is 8.49. The predicted molar refractivity (Wildman–Crippen MR) is 81.7 cm³/mol. The van der Waals surface area contributed by atoms with Crippen LogP contribution in [0.1, 0.15) is 0 Å². The van der Waals surface area contributed by atoms with Crippen molar-refractivity contribution in [3.63, 3.8) is 0 Å². The molecule has 1 saturated heterocycles. The predicted octanol–water partition coefficient (Wildman–Crippen LogP) is -1.78. The van der Waals surface area contributed by atoms with Crippen LogP contribution in [0.15, 0.2) is 0 Å². The first-order valence-corrected chi connectivity index (χ1v) is 9.43. The molecule has 6 atom stereocenters. The molecule has 0 bridgehead atoms. The Bertz CT molecular complexity index is 394. The standard InChI is InChI=1S/C10H22Cl2N3O6P/c11-1-3-14-22(13,20)15(4-2-12)10-9(19)8(18)7(17)6(5-16)21-10/h6-10,16-19H,1-5H2,(H3,13,14,20)/t6-,7-,8+,9-,10-,22?/m1/s1. The Morgan fingerprint density at radius 3 is 2.32 bits per heavy atom. The van der Waals surface area contributed by atoms with E-state index in [1.807, 2.05) is 0 Å². The average molecular weight is 382 g/mol. The van der Waals surface area contributed by atoms with Gasteiger partial charge in [0.2, 0.25) is 0 Å². The van der Waals surface area contributed by atoms with Crippen LogP contribution in [-0.2, 0) is 9.30 Å². The number of hydrogen-bond acceptors (Lipinski definition) is 6. The van der Waals surface area contributed by atoms with Gasteiger partial charge in [0.1, 0.15) is 30.6 Å². The highest BCUT2D eigenvalue weighted by Gasteiger charge is 2.48. The zero-order valence-electron chi connectivity index (χ0n) is 11.8. The molecule has 0 spiro atoms. The molecular weight excluding hydrogens is 360 g/mol. The topological polar surface area (TPSA) is 149 Å². The van der Waals surface area contributed by atoms with Gasteiger partial charge in [-0.05, 0) is 0 Å². The molecule has 0 aromatic carbocycles. The van der Waals surface area contributed by atoms with Gasteiger partial charge >= 0.3 is 0 Å². The molecule has 132 valence electrons. The Balaban J connectivity index is 3.00. The van der Waals surface area contributed by atoms with Crippen molar-refractivity contribution in [1.29, 1.82) is 0 Å². The minimum Gasteiger partial charge on any atom is -0.394 e. The van der Waals surface area contributed by atoms with Crippen molar-refractivity contribution in [3.8, 4) is 0 Å². The summed E-state index contributed by atoms with van der Waals surface area (Å²) in [5.41, 5.74) is 5.75. The van der Waals surface area contributed by atoms with Gasteiger partial charge < -0.3 is 25.2 Å². The number of aliphatic hydroxyl groups excluding tert-OH is 4. The van der Waals surface area contributed by atoms with E-state index in [1.165, 1.54) is 0 Å². The summed E-state index contributed by atoms with van der Waals surface area (Å²) in [6.45, 7) is -0.473. The molecule has 1 aliphatic rings. The number of rotatable bonds is 8. The zero-order valence-corrected chi connectivity index (χ0v) is 14.2. The Morgan fingerprint density at radius 2 is 1.82 bits per heavy atom. The minimum atomic E-state index is -3.67. The third-order valence-electron chi connectivity index (χ3n) is 3.29. The van der Waals surface area contributed by atoms with Crippen LogP contribution in [0, 0.1) is 0 Å². The number of ether oxygens (including phenoxy) is 1. The van der Waals surface area contributed by atoms with Gasteiger partial charge in [-0.25, -0.2) is 5.09 Å². The Hall–Kier alpha value is 0.490. The molecule has 0 aliphatic carbocycles. The number of aliphatic hydroxyl groups is 4. The molecule has 0 aromatic heterocycles. The molecule has 1 heterocycles. The maximum absolute atomic E-state index is 12.6. The molecule has 1 fully saturated rings. The maximum Gasteiger partial charge on any atom is 0.281 e. The normalized spacial score (nSPS) is 35.5. The molecule has 22 heavy (non-hydrogen) atoms. The second-order valence-corrected chi connectivity index (χ2v) is 7.62. The van der Waals surface area contributed by atoms with Crippen LogP contribution in [0.3, 0.4) is 0 Å². The van der Waals surface area contributed by atoms with E-state index in [0.29, 0.717) is 0 Å². The van der Waals surface area contributed by atoms with Gasteiger partial charge in [-0.15, -0.1) is 23.2 Å². The molecule has 12 heteroatoms. The molecule has 7 N–H and O–H groups in total. The van der Waals surface area contributed by atoms with Gasteiger partial charge in [-0.2, -0.15) is 4.67 Å². The lowest BCUT2D eigenvalue weighted by Crippen LogP contribution is -2.63. The molecule has 0 aromatic rings. The highest BCUT2D eigenvalue weighted by atomic mass is 35.5. The summed E-state index contributed by atoms with van der Waals surface area (Å²) in [6, 6.07) is 0. The van der Waals surface area contributed by atoms with Crippen LogP contribution in [0.4, 0.5) is 0 Å². The molecule has 1 unspecified atom stereocenters. The summed E-state index contributed by atoms with van der Waals surface area (Å²) in [4.78, 5) is 0. The second kappa shape index (κ2) is 9.10. The van der Waals surface area contributed by atoms with Crippen molar-refractivity contribution >= 4 is 30.8 Å². The van der Waals surface area contributed by atoms with Gasteiger partial charge in [-0.1, -0.05) is 0 Å². The first-order valence-electron chi connectivity index (χ1n) is 6.63. The van der Waals surface area contributed by atoms with E-state index in [0.717, 1.165) is 4.67 Å². The van der Waals surface area contributed by atoms with Gasteiger partial charge in [-0.3, -0.25) is 10.1 Å².